The minimum atomic E-state index is -2.08. The van der Waals surface area contributed by atoms with Gasteiger partial charge in [0.05, 0.1) is 7.11 Å². The number of esters is 2. The zero-order valence-electron chi connectivity index (χ0n) is 17.3. The Morgan fingerprint density at radius 3 is 1.90 bits per heavy atom. The summed E-state index contributed by atoms with van der Waals surface area (Å²) in [5.41, 5.74) is -1.45. The van der Waals surface area contributed by atoms with Crippen molar-refractivity contribution in [3.8, 4) is 0 Å². The van der Waals surface area contributed by atoms with Gasteiger partial charge in [0, 0.05) is 0 Å². The zero-order valence-corrected chi connectivity index (χ0v) is 17.3. The molecule has 2 aromatic rings. The lowest BCUT2D eigenvalue weighted by Gasteiger charge is -2.27. The van der Waals surface area contributed by atoms with Gasteiger partial charge in [-0.3, -0.25) is 4.79 Å². The number of methoxy groups -OCH3 is 1. The number of rotatable bonds is 9. The molecule has 1 amide bonds. The van der Waals surface area contributed by atoms with Gasteiger partial charge in [0.15, 0.2) is 6.61 Å². The summed E-state index contributed by atoms with van der Waals surface area (Å²) in [6, 6.07) is 15.8. The fraction of sp³-hybridized carbons (Fsp3) is 0.348. The zero-order chi connectivity index (χ0) is 22.1. The third-order valence-corrected chi connectivity index (χ3v) is 4.54. The van der Waals surface area contributed by atoms with Crippen LogP contribution in [0, 0.1) is 5.92 Å². The number of ether oxygens (including phenoxy) is 2. The minimum Gasteiger partial charge on any atom is -0.467 e. The largest absolute Gasteiger partial charge is 0.467 e. The van der Waals surface area contributed by atoms with Crippen LogP contribution in [-0.4, -0.2) is 42.7 Å². The number of benzene rings is 2. The summed E-state index contributed by atoms with van der Waals surface area (Å²) in [6.07, 6.45) is 0.379. The molecule has 30 heavy (non-hydrogen) atoms. The molecule has 160 valence electrons. The molecule has 2 N–H and O–H groups in total. The number of hydrogen-bond acceptors (Lipinski definition) is 6. The third-order valence-electron chi connectivity index (χ3n) is 4.54. The molecule has 2 aromatic carbocycles. The van der Waals surface area contributed by atoms with Gasteiger partial charge in [-0.15, -0.1) is 0 Å². The quantitative estimate of drug-likeness (QED) is 0.611. The Balaban J connectivity index is 2.15. The van der Waals surface area contributed by atoms with Gasteiger partial charge in [-0.2, -0.15) is 0 Å². The third kappa shape index (κ3) is 5.67. The molecule has 1 atom stereocenters. The van der Waals surface area contributed by atoms with E-state index in [1.807, 2.05) is 13.8 Å². The van der Waals surface area contributed by atoms with Crippen LogP contribution in [0.1, 0.15) is 31.4 Å². The maximum absolute atomic E-state index is 12.9. The lowest BCUT2D eigenvalue weighted by Crippen LogP contribution is -2.45. The van der Waals surface area contributed by atoms with E-state index >= 15 is 0 Å². The van der Waals surface area contributed by atoms with Crippen molar-refractivity contribution in [1.29, 1.82) is 0 Å². The summed E-state index contributed by atoms with van der Waals surface area (Å²) in [4.78, 5) is 37.0. The van der Waals surface area contributed by atoms with Crippen LogP contribution in [-0.2, 0) is 29.5 Å². The number of hydrogen-bond donors (Lipinski definition) is 2. The monoisotopic (exact) mass is 413 g/mol. The number of carbonyl (C=O) groups excluding carboxylic acids is 3. The highest BCUT2D eigenvalue weighted by Gasteiger charge is 2.42. The molecule has 0 spiro atoms. The van der Waals surface area contributed by atoms with E-state index in [0.717, 1.165) is 0 Å². The second-order valence-corrected chi connectivity index (χ2v) is 7.29. The molecule has 0 aromatic heterocycles. The number of amides is 1. The Bertz CT molecular complexity index is 811. The molecule has 7 heteroatoms. The van der Waals surface area contributed by atoms with Gasteiger partial charge in [-0.05, 0) is 23.5 Å². The van der Waals surface area contributed by atoms with Gasteiger partial charge in [0.25, 0.3) is 5.91 Å². The van der Waals surface area contributed by atoms with Gasteiger partial charge < -0.3 is 19.9 Å². The van der Waals surface area contributed by atoms with Gasteiger partial charge >= 0.3 is 11.9 Å². The Morgan fingerprint density at radius 1 is 0.967 bits per heavy atom. The molecular formula is C23H27NO6. The first-order valence-electron chi connectivity index (χ1n) is 9.66. The SMILES string of the molecule is COC(=O)[C@H](CC(C)C)NC(=O)COC(=O)C(O)(c1ccccc1)c1ccccc1. The van der Waals surface area contributed by atoms with Gasteiger partial charge in [-0.1, -0.05) is 74.5 Å². The summed E-state index contributed by atoms with van der Waals surface area (Å²) >= 11 is 0. The van der Waals surface area contributed by atoms with Crippen LogP contribution in [0.2, 0.25) is 0 Å². The van der Waals surface area contributed by atoms with E-state index in [-0.39, 0.29) is 5.92 Å². The molecule has 0 aliphatic carbocycles. The maximum atomic E-state index is 12.9. The standard InChI is InChI=1S/C23H27NO6/c1-16(2)14-19(21(26)29-3)24-20(25)15-30-22(27)23(28,17-10-6-4-7-11-17)18-12-8-5-9-13-18/h4-13,16,19,28H,14-15H2,1-3H3,(H,24,25)/t19-/m0/s1. The van der Waals surface area contributed by atoms with Crippen LogP contribution in [0.25, 0.3) is 0 Å². The Kier molecular flexibility index (Phi) is 8.12. The average molecular weight is 413 g/mol. The number of aliphatic hydroxyl groups is 1. The second-order valence-electron chi connectivity index (χ2n) is 7.29. The normalized spacial score (nSPS) is 12.2. The lowest BCUT2D eigenvalue weighted by atomic mass is 9.86. The van der Waals surface area contributed by atoms with Crippen molar-refractivity contribution in [2.24, 2.45) is 5.92 Å². The van der Waals surface area contributed by atoms with E-state index in [1.54, 1.807) is 60.7 Å². The number of nitrogens with one attached hydrogen (secondary N) is 1. The van der Waals surface area contributed by atoms with Crippen molar-refractivity contribution in [2.45, 2.75) is 31.9 Å². The van der Waals surface area contributed by atoms with Crippen molar-refractivity contribution in [3.63, 3.8) is 0 Å². The van der Waals surface area contributed by atoms with Crippen LogP contribution in [0.15, 0.2) is 60.7 Å². The molecule has 0 saturated heterocycles. The molecule has 0 aliphatic rings. The first-order valence-corrected chi connectivity index (χ1v) is 9.66. The van der Waals surface area contributed by atoms with E-state index in [2.05, 4.69) is 5.32 Å². The summed E-state index contributed by atoms with van der Waals surface area (Å²) in [5.74, 6) is -2.09. The molecule has 7 nitrogen and oxygen atoms in total. The van der Waals surface area contributed by atoms with E-state index in [4.69, 9.17) is 9.47 Å². The van der Waals surface area contributed by atoms with Crippen molar-refractivity contribution in [3.05, 3.63) is 71.8 Å². The van der Waals surface area contributed by atoms with Crippen LogP contribution in [0.5, 0.6) is 0 Å². The van der Waals surface area contributed by atoms with E-state index < -0.39 is 36.1 Å². The Morgan fingerprint density at radius 2 is 1.47 bits per heavy atom. The molecule has 0 heterocycles. The first kappa shape index (κ1) is 23.1. The molecule has 0 fully saturated rings. The fourth-order valence-electron chi connectivity index (χ4n) is 3.06. The fourth-order valence-corrected chi connectivity index (χ4v) is 3.06. The van der Waals surface area contributed by atoms with E-state index in [1.165, 1.54) is 7.11 Å². The molecular weight excluding hydrogens is 386 g/mol. The summed E-state index contributed by atoms with van der Waals surface area (Å²) in [7, 11) is 1.24. The van der Waals surface area contributed by atoms with Crippen LogP contribution in [0.4, 0.5) is 0 Å². The molecule has 0 unspecified atom stereocenters. The summed E-state index contributed by atoms with van der Waals surface area (Å²) < 4.78 is 9.85. The Labute approximate surface area is 176 Å². The van der Waals surface area contributed by atoms with Crippen molar-refractivity contribution < 1.29 is 29.0 Å². The topological polar surface area (TPSA) is 102 Å². The highest BCUT2D eigenvalue weighted by atomic mass is 16.6. The van der Waals surface area contributed by atoms with Crippen LogP contribution < -0.4 is 5.32 Å². The average Bonchev–Trinajstić information content (AvgIpc) is 2.76. The lowest BCUT2D eigenvalue weighted by molar-refractivity contribution is -0.165. The summed E-state index contributed by atoms with van der Waals surface area (Å²) in [6.45, 7) is 3.16. The molecule has 0 aliphatic heterocycles. The highest BCUT2D eigenvalue weighted by Crippen LogP contribution is 2.30. The van der Waals surface area contributed by atoms with Crippen LogP contribution >= 0.6 is 0 Å². The molecule has 0 radical (unpaired) electrons. The summed E-state index contributed by atoms with van der Waals surface area (Å²) in [5, 5.41) is 13.8. The van der Waals surface area contributed by atoms with Crippen molar-refractivity contribution >= 4 is 17.8 Å². The smallest absolute Gasteiger partial charge is 0.348 e. The van der Waals surface area contributed by atoms with Gasteiger partial charge in [-0.25, -0.2) is 9.59 Å². The number of carbonyl (C=O) groups is 3. The Hall–Kier alpha value is -3.19. The van der Waals surface area contributed by atoms with E-state index in [0.29, 0.717) is 17.5 Å². The molecule has 2 rings (SSSR count). The maximum Gasteiger partial charge on any atom is 0.348 e. The predicted octanol–water partition coefficient (Wildman–Crippen LogP) is 2.17. The van der Waals surface area contributed by atoms with Crippen molar-refractivity contribution in [1.82, 2.24) is 5.32 Å². The van der Waals surface area contributed by atoms with Gasteiger partial charge in [0.2, 0.25) is 5.60 Å². The second kappa shape index (κ2) is 10.5. The van der Waals surface area contributed by atoms with Crippen LogP contribution in [0.3, 0.4) is 0 Å². The highest BCUT2D eigenvalue weighted by molar-refractivity contribution is 5.89. The van der Waals surface area contributed by atoms with Gasteiger partial charge in [0.1, 0.15) is 6.04 Å². The van der Waals surface area contributed by atoms with E-state index in [9.17, 15) is 19.5 Å². The predicted molar refractivity (Wildman–Crippen MR) is 110 cm³/mol. The minimum absolute atomic E-state index is 0.137. The molecule has 0 bridgehead atoms. The molecule has 0 saturated carbocycles. The van der Waals surface area contributed by atoms with Crippen molar-refractivity contribution in [2.75, 3.05) is 13.7 Å². The first-order chi connectivity index (χ1) is 14.3.